The molecule has 1 aromatic rings. The molecule has 6 nitrogen and oxygen atoms in total. The van der Waals surface area contributed by atoms with E-state index >= 15 is 0 Å². The lowest BCUT2D eigenvalue weighted by Crippen LogP contribution is -2.41. The molecule has 24 heavy (non-hydrogen) atoms. The topological polar surface area (TPSA) is 87.1 Å². The lowest BCUT2D eigenvalue weighted by molar-refractivity contribution is 0.0327. The van der Waals surface area contributed by atoms with Crippen molar-refractivity contribution in [2.24, 2.45) is 0 Å². The minimum absolute atomic E-state index is 0.0679. The SMILES string of the molecule is CCC(C)OC(=O)c1ccccc1C(=O)N(CC(C)O)CC(C)O. The number of aliphatic hydroxyl groups is 2. The molecule has 0 spiro atoms. The Bertz CT molecular complexity index is 546. The average Bonchev–Trinajstić information content (AvgIpc) is 2.52. The number of amides is 1. The summed E-state index contributed by atoms with van der Waals surface area (Å²) in [6.45, 7) is 6.95. The number of rotatable bonds is 8. The molecule has 134 valence electrons. The molecule has 2 N–H and O–H groups in total. The van der Waals surface area contributed by atoms with Crippen molar-refractivity contribution in [2.75, 3.05) is 13.1 Å². The van der Waals surface area contributed by atoms with Crippen molar-refractivity contribution in [3.8, 4) is 0 Å². The van der Waals surface area contributed by atoms with Gasteiger partial charge in [0.2, 0.25) is 0 Å². The van der Waals surface area contributed by atoms with Crippen LogP contribution in [0.15, 0.2) is 24.3 Å². The molecule has 0 fully saturated rings. The van der Waals surface area contributed by atoms with E-state index in [1.807, 2.05) is 6.92 Å². The van der Waals surface area contributed by atoms with Crippen molar-refractivity contribution >= 4 is 11.9 Å². The predicted octanol–water partition coefficient (Wildman–Crippen LogP) is 1.85. The fraction of sp³-hybridized carbons (Fsp3) is 0.556. The highest BCUT2D eigenvalue weighted by Gasteiger charge is 2.24. The molecule has 0 aliphatic heterocycles. The van der Waals surface area contributed by atoms with Crippen LogP contribution < -0.4 is 0 Å². The van der Waals surface area contributed by atoms with Gasteiger partial charge in [0, 0.05) is 13.1 Å². The summed E-state index contributed by atoms with van der Waals surface area (Å²) in [7, 11) is 0. The quantitative estimate of drug-likeness (QED) is 0.707. The van der Waals surface area contributed by atoms with Gasteiger partial charge in [-0.2, -0.15) is 0 Å². The molecule has 0 aromatic heterocycles. The standard InChI is InChI=1S/C18H27NO5/c1-5-14(4)24-18(23)16-9-7-6-8-15(16)17(22)19(10-12(2)20)11-13(3)21/h6-9,12-14,20-21H,5,10-11H2,1-4H3. The molecule has 6 heteroatoms. The minimum Gasteiger partial charge on any atom is -0.459 e. The van der Waals surface area contributed by atoms with E-state index in [4.69, 9.17) is 4.74 Å². The van der Waals surface area contributed by atoms with E-state index in [2.05, 4.69) is 0 Å². The molecule has 3 atom stereocenters. The molecular formula is C18H27NO5. The van der Waals surface area contributed by atoms with E-state index in [9.17, 15) is 19.8 Å². The largest absolute Gasteiger partial charge is 0.459 e. The van der Waals surface area contributed by atoms with Crippen molar-refractivity contribution in [3.63, 3.8) is 0 Å². The molecule has 0 saturated carbocycles. The molecule has 3 unspecified atom stereocenters. The van der Waals surface area contributed by atoms with E-state index in [1.54, 1.807) is 45.0 Å². The molecule has 0 aliphatic carbocycles. The zero-order valence-electron chi connectivity index (χ0n) is 14.7. The van der Waals surface area contributed by atoms with Gasteiger partial charge in [-0.1, -0.05) is 19.1 Å². The highest BCUT2D eigenvalue weighted by molar-refractivity contribution is 6.05. The number of ether oxygens (including phenoxy) is 1. The van der Waals surface area contributed by atoms with Crippen molar-refractivity contribution in [2.45, 2.75) is 52.4 Å². The molecule has 0 heterocycles. The van der Waals surface area contributed by atoms with Crippen molar-refractivity contribution in [1.29, 1.82) is 0 Å². The Morgan fingerprint density at radius 2 is 1.54 bits per heavy atom. The summed E-state index contributed by atoms with van der Waals surface area (Å²) in [5.74, 6) is -0.976. The molecule has 1 aromatic carbocycles. The third-order valence-electron chi connectivity index (χ3n) is 3.52. The number of carbonyl (C=O) groups is 2. The summed E-state index contributed by atoms with van der Waals surface area (Å²) < 4.78 is 5.31. The van der Waals surface area contributed by atoms with Gasteiger partial charge in [0.25, 0.3) is 5.91 Å². The van der Waals surface area contributed by atoms with Crippen LogP contribution in [0.1, 0.15) is 54.8 Å². The summed E-state index contributed by atoms with van der Waals surface area (Å²) in [4.78, 5) is 26.4. The van der Waals surface area contributed by atoms with Crippen molar-refractivity contribution in [1.82, 2.24) is 4.90 Å². The van der Waals surface area contributed by atoms with E-state index < -0.39 is 24.1 Å². The van der Waals surface area contributed by atoms with Crippen LogP contribution in [0.2, 0.25) is 0 Å². The Balaban J connectivity index is 3.10. The van der Waals surface area contributed by atoms with Crippen LogP contribution in [-0.4, -0.2) is 58.4 Å². The number of aliphatic hydroxyl groups excluding tert-OH is 2. The zero-order chi connectivity index (χ0) is 18.3. The summed E-state index contributed by atoms with van der Waals surface area (Å²) in [6.07, 6.45) is -1.05. The zero-order valence-corrected chi connectivity index (χ0v) is 14.7. The van der Waals surface area contributed by atoms with Crippen LogP contribution in [0.4, 0.5) is 0 Å². The first-order valence-corrected chi connectivity index (χ1v) is 8.21. The molecule has 0 bridgehead atoms. The normalized spacial score (nSPS) is 14.6. The summed E-state index contributed by atoms with van der Waals surface area (Å²) >= 11 is 0. The highest BCUT2D eigenvalue weighted by atomic mass is 16.5. The van der Waals surface area contributed by atoms with Gasteiger partial charge in [-0.3, -0.25) is 4.79 Å². The van der Waals surface area contributed by atoms with Gasteiger partial charge >= 0.3 is 5.97 Å². The van der Waals surface area contributed by atoms with E-state index in [0.717, 1.165) is 0 Å². The molecule has 0 saturated heterocycles. The maximum atomic E-state index is 12.8. The minimum atomic E-state index is -0.744. The maximum absolute atomic E-state index is 12.8. The van der Waals surface area contributed by atoms with E-state index in [-0.39, 0.29) is 30.3 Å². The second-order valence-corrected chi connectivity index (χ2v) is 6.08. The Morgan fingerprint density at radius 1 is 1.04 bits per heavy atom. The van der Waals surface area contributed by atoms with Gasteiger partial charge in [0.05, 0.1) is 29.4 Å². The molecule has 0 aliphatic rings. The second kappa shape index (κ2) is 9.39. The first-order chi connectivity index (χ1) is 11.3. The fourth-order valence-electron chi connectivity index (χ4n) is 2.23. The lowest BCUT2D eigenvalue weighted by Gasteiger charge is -2.26. The first kappa shape index (κ1) is 20.1. The molecule has 1 rings (SSSR count). The monoisotopic (exact) mass is 337 g/mol. The van der Waals surface area contributed by atoms with Gasteiger partial charge in [0.15, 0.2) is 0 Å². The van der Waals surface area contributed by atoms with Gasteiger partial charge in [-0.15, -0.1) is 0 Å². The second-order valence-electron chi connectivity index (χ2n) is 6.08. The predicted molar refractivity (Wildman–Crippen MR) is 90.9 cm³/mol. The maximum Gasteiger partial charge on any atom is 0.339 e. The van der Waals surface area contributed by atoms with Crippen LogP contribution in [0, 0.1) is 0 Å². The van der Waals surface area contributed by atoms with Crippen LogP contribution in [0.5, 0.6) is 0 Å². The summed E-state index contributed by atoms with van der Waals surface area (Å²) in [6, 6.07) is 6.42. The third-order valence-corrected chi connectivity index (χ3v) is 3.52. The van der Waals surface area contributed by atoms with Gasteiger partial charge in [0.1, 0.15) is 0 Å². The van der Waals surface area contributed by atoms with Crippen LogP contribution in [-0.2, 0) is 4.74 Å². The Kier molecular flexibility index (Phi) is 7.88. The van der Waals surface area contributed by atoms with E-state index in [0.29, 0.717) is 6.42 Å². The fourth-order valence-corrected chi connectivity index (χ4v) is 2.23. The van der Waals surface area contributed by atoms with Crippen molar-refractivity contribution < 1.29 is 24.5 Å². The Labute approximate surface area is 143 Å². The van der Waals surface area contributed by atoms with Gasteiger partial charge < -0.3 is 19.8 Å². The number of esters is 1. The summed E-state index contributed by atoms with van der Waals surface area (Å²) in [5, 5.41) is 19.2. The average molecular weight is 337 g/mol. The van der Waals surface area contributed by atoms with Crippen LogP contribution in [0.3, 0.4) is 0 Å². The first-order valence-electron chi connectivity index (χ1n) is 8.21. The Morgan fingerprint density at radius 3 is 2.00 bits per heavy atom. The lowest BCUT2D eigenvalue weighted by atomic mass is 10.1. The number of hydrogen-bond acceptors (Lipinski definition) is 5. The Hall–Kier alpha value is -1.92. The number of benzene rings is 1. The third kappa shape index (κ3) is 5.94. The molecule has 1 amide bonds. The smallest absolute Gasteiger partial charge is 0.339 e. The van der Waals surface area contributed by atoms with Crippen LogP contribution >= 0.6 is 0 Å². The number of hydrogen-bond donors (Lipinski definition) is 2. The number of nitrogens with zero attached hydrogens (tertiary/aromatic N) is 1. The summed E-state index contributed by atoms with van der Waals surface area (Å²) in [5.41, 5.74) is 0.385. The van der Waals surface area contributed by atoms with Crippen molar-refractivity contribution in [3.05, 3.63) is 35.4 Å². The van der Waals surface area contributed by atoms with Gasteiger partial charge in [-0.05, 0) is 39.3 Å². The van der Waals surface area contributed by atoms with E-state index in [1.165, 1.54) is 4.90 Å². The molecular weight excluding hydrogens is 310 g/mol. The van der Waals surface area contributed by atoms with Gasteiger partial charge in [-0.25, -0.2) is 4.79 Å². The highest BCUT2D eigenvalue weighted by Crippen LogP contribution is 2.15. The number of carbonyl (C=O) groups excluding carboxylic acids is 2. The van der Waals surface area contributed by atoms with Crippen LogP contribution in [0.25, 0.3) is 0 Å². The molecule has 0 radical (unpaired) electrons.